The maximum Gasteiger partial charge on any atom is 0.238 e. The fourth-order valence-electron chi connectivity index (χ4n) is 4.06. The van der Waals surface area contributed by atoms with Crippen molar-refractivity contribution in [2.45, 2.75) is 53.8 Å². The first-order chi connectivity index (χ1) is 9.68. The predicted octanol–water partition coefficient (Wildman–Crippen LogP) is 3.17. The summed E-state index contributed by atoms with van der Waals surface area (Å²) in [6, 6.07) is 6.80. The maximum atomic E-state index is 12.5. The molecule has 3 nitrogen and oxygen atoms in total. The van der Waals surface area contributed by atoms with Crippen molar-refractivity contribution in [3.8, 4) is 0 Å². The molecule has 3 heteroatoms. The summed E-state index contributed by atoms with van der Waals surface area (Å²) in [5, 5.41) is 3.41. The number of carbonyl (C=O) groups excluding carboxylic acids is 1. The van der Waals surface area contributed by atoms with E-state index in [1.165, 1.54) is 16.7 Å². The Labute approximate surface area is 127 Å². The molecule has 1 unspecified atom stereocenters. The van der Waals surface area contributed by atoms with Gasteiger partial charge < -0.3 is 4.90 Å². The Morgan fingerprint density at radius 3 is 2.29 bits per heavy atom. The van der Waals surface area contributed by atoms with Crippen LogP contribution < -0.4 is 5.32 Å². The lowest BCUT2D eigenvalue weighted by atomic mass is 10.0. The van der Waals surface area contributed by atoms with Crippen LogP contribution in [0.3, 0.4) is 0 Å². The van der Waals surface area contributed by atoms with Gasteiger partial charge in [-0.1, -0.05) is 51.5 Å². The first-order valence-corrected chi connectivity index (χ1v) is 7.79. The van der Waals surface area contributed by atoms with Crippen LogP contribution in [0.5, 0.6) is 0 Å². The number of amides is 1. The first kappa shape index (κ1) is 14.6. The Balaban J connectivity index is 1.98. The molecule has 1 aliphatic carbocycles. The highest BCUT2D eigenvalue weighted by atomic mass is 16.2. The maximum absolute atomic E-state index is 12.5. The lowest BCUT2D eigenvalue weighted by Crippen LogP contribution is -2.36. The summed E-state index contributed by atoms with van der Waals surface area (Å²) in [7, 11) is 0. The standard InChI is InChI=1S/C18H26N2O/c1-11-7-8-13(12(2)9-11)15-19-10-14(21)20(15)16-17(3,4)18(16,5)6/h7-9,15-16,19H,10H2,1-6H3. The van der Waals surface area contributed by atoms with Crippen LogP contribution in [0.2, 0.25) is 0 Å². The van der Waals surface area contributed by atoms with E-state index in [0.717, 1.165) is 0 Å². The minimum Gasteiger partial charge on any atom is -0.318 e. The zero-order chi connectivity index (χ0) is 15.6. The second-order valence-electron chi connectivity index (χ2n) is 7.79. The van der Waals surface area contributed by atoms with Crippen LogP contribution in [-0.2, 0) is 4.79 Å². The lowest BCUT2D eigenvalue weighted by molar-refractivity contribution is -0.129. The summed E-state index contributed by atoms with van der Waals surface area (Å²) < 4.78 is 0. The van der Waals surface area contributed by atoms with Crippen LogP contribution >= 0.6 is 0 Å². The largest absolute Gasteiger partial charge is 0.318 e. The number of aryl methyl sites for hydroxylation is 2. The second-order valence-corrected chi connectivity index (χ2v) is 7.79. The fourth-order valence-corrected chi connectivity index (χ4v) is 4.06. The Bertz CT molecular complexity index is 589. The van der Waals surface area contributed by atoms with Gasteiger partial charge in [0, 0.05) is 6.04 Å². The molecule has 1 aromatic rings. The van der Waals surface area contributed by atoms with E-state index in [0.29, 0.717) is 12.6 Å². The molecule has 1 saturated carbocycles. The highest BCUT2D eigenvalue weighted by Crippen LogP contribution is 2.66. The van der Waals surface area contributed by atoms with Crippen molar-refractivity contribution in [3.63, 3.8) is 0 Å². The Morgan fingerprint density at radius 2 is 1.76 bits per heavy atom. The van der Waals surface area contributed by atoms with Gasteiger partial charge in [0.25, 0.3) is 0 Å². The van der Waals surface area contributed by atoms with Crippen molar-refractivity contribution in [1.29, 1.82) is 0 Å². The van der Waals surface area contributed by atoms with E-state index in [1.807, 2.05) is 0 Å². The number of hydrogen-bond acceptors (Lipinski definition) is 2. The van der Waals surface area contributed by atoms with Crippen LogP contribution in [0.4, 0.5) is 0 Å². The molecule has 1 N–H and O–H groups in total. The molecular weight excluding hydrogens is 260 g/mol. The Morgan fingerprint density at radius 1 is 1.14 bits per heavy atom. The van der Waals surface area contributed by atoms with E-state index < -0.39 is 0 Å². The van der Waals surface area contributed by atoms with Crippen molar-refractivity contribution >= 4 is 5.91 Å². The SMILES string of the molecule is Cc1ccc(C2NCC(=O)N2C2C(C)(C)C2(C)C)c(C)c1. The Hall–Kier alpha value is -1.35. The highest BCUT2D eigenvalue weighted by molar-refractivity contribution is 5.82. The van der Waals surface area contributed by atoms with E-state index in [1.54, 1.807) is 0 Å². The third kappa shape index (κ3) is 1.94. The molecule has 1 aromatic carbocycles. The highest BCUT2D eigenvalue weighted by Gasteiger charge is 2.69. The van der Waals surface area contributed by atoms with Gasteiger partial charge in [0.2, 0.25) is 5.91 Å². The van der Waals surface area contributed by atoms with Crippen molar-refractivity contribution in [2.75, 3.05) is 6.54 Å². The molecule has 1 saturated heterocycles. The zero-order valence-electron chi connectivity index (χ0n) is 13.9. The third-order valence-corrected chi connectivity index (χ3v) is 5.96. The number of nitrogens with one attached hydrogen (secondary N) is 1. The van der Waals surface area contributed by atoms with Crippen LogP contribution in [0, 0.1) is 24.7 Å². The van der Waals surface area contributed by atoms with Gasteiger partial charge >= 0.3 is 0 Å². The normalized spacial score (nSPS) is 27.2. The van der Waals surface area contributed by atoms with Crippen molar-refractivity contribution in [3.05, 3.63) is 34.9 Å². The topological polar surface area (TPSA) is 32.3 Å². The molecule has 1 amide bonds. The number of nitrogens with zero attached hydrogens (tertiary/aromatic N) is 1. The van der Waals surface area contributed by atoms with Crippen molar-refractivity contribution < 1.29 is 4.79 Å². The van der Waals surface area contributed by atoms with Crippen LogP contribution in [0.15, 0.2) is 18.2 Å². The average Bonchev–Trinajstić information content (AvgIpc) is 2.66. The average molecular weight is 286 g/mol. The molecule has 0 spiro atoms. The molecular formula is C18H26N2O. The minimum absolute atomic E-state index is 0.0177. The summed E-state index contributed by atoms with van der Waals surface area (Å²) in [6.45, 7) is 13.7. The molecule has 2 fully saturated rings. The fraction of sp³-hybridized carbons (Fsp3) is 0.611. The second kappa shape index (κ2) is 4.33. The molecule has 1 aliphatic heterocycles. The number of benzene rings is 1. The van der Waals surface area contributed by atoms with Crippen molar-refractivity contribution in [1.82, 2.24) is 10.2 Å². The van der Waals surface area contributed by atoms with Crippen molar-refractivity contribution in [2.24, 2.45) is 10.8 Å². The van der Waals surface area contributed by atoms with Gasteiger partial charge in [0.15, 0.2) is 0 Å². The van der Waals surface area contributed by atoms with E-state index in [-0.39, 0.29) is 22.9 Å². The van der Waals surface area contributed by atoms with E-state index >= 15 is 0 Å². The van der Waals surface area contributed by atoms with Crippen LogP contribution in [0.25, 0.3) is 0 Å². The molecule has 114 valence electrons. The number of hydrogen-bond donors (Lipinski definition) is 1. The molecule has 1 heterocycles. The minimum atomic E-state index is 0.0177. The van der Waals surface area contributed by atoms with E-state index in [4.69, 9.17) is 0 Å². The van der Waals surface area contributed by atoms with E-state index in [2.05, 4.69) is 70.0 Å². The quantitative estimate of drug-likeness (QED) is 0.905. The Kier molecular flexibility index (Phi) is 3.00. The first-order valence-electron chi connectivity index (χ1n) is 7.79. The third-order valence-electron chi connectivity index (χ3n) is 5.96. The lowest BCUT2D eigenvalue weighted by Gasteiger charge is -2.28. The van der Waals surface area contributed by atoms with Gasteiger partial charge in [0.1, 0.15) is 6.17 Å². The number of carbonyl (C=O) groups is 1. The molecule has 1 atom stereocenters. The zero-order valence-corrected chi connectivity index (χ0v) is 13.9. The summed E-state index contributed by atoms with van der Waals surface area (Å²) >= 11 is 0. The van der Waals surface area contributed by atoms with Gasteiger partial charge in [0.05, 0.1) is 6.54 Å². The molecule has 0 bridgehead atoms. The van der Waals surface area contributed by atoms with Gasteiger partial charge in [-0.3, -0.25) is 10.1 Å². The van der Waals surface area contributed by atoms with Crippen LogP contribution in [-0.4, -0.2) is 23.4 Å². The molecule has 21 heavy (non-hydrogen) atoms. The molecule has 2 aliphatic rings. The molecule has 3 rings (SSSR count). The van der Waals surface area contributed by atoms with E-state index in [9.17, 15) is 4.79 Å². The summed E-state index contributed by atoms with van der Waals surface area (Å²) in [5.74, 6) is 0.226. The summed E-state index contributed by atoms with van der Waals surface area (Å²) in [4.78, 5) is 14.6. The molecule has 0 aromatic heterocycles. The smallest absolute Gasteiger partial charge is 0.238 e. The summed E-state index contributed by atoms with van der Waals surface area (Å²) in [6.07, 6.45) is 0.0177. The summed E-state index contributed by atoms with van der Waals surface area (Å²) in [5.41, 5.74) is 4.09. The van der Waals surface area contributed by atoms with Gasteiger partial charge in [-0.05, 0) is 35.8 Å². The predicted molar refractivity (Wildman–Crippen MR) is 84.9 cm³/mol. The van der Waals surface area contributed by atoms with Crippen LogP contribution in [0.1, 0.15) is 50.6 Å². The number of rotatable bonds is 2. The molecule has 0 radical (unpaired) electrons. The monoisotopic (exact) mass is 286 g/mol. The van der Waals surface area contributed by atoms with Gasteiger partial charge in [-0.25, -0.2) is 0 Å². The van der Waals surface area contributed by atoms with Gasteiger partial charge in [-0.15, -0.1) is 0 Å². The van der Waals surface area contributed by atoms with Gasteiger partial charge in [-0.2, -0.15) is 0 Å².